The van der Waals surface area contributed by atoms with Crippen LogP contribution in [0.2, 0.25) is 15.1 Å². The molecule has 2 aromatic carbocycles. The summed E-state index contributed by atoms with van der Waals surface area (Å²) in [4.78, 5) is 26.6. The summed E-state index contributed by atoms with van der Waals surface area (Å²) in [5, 5.41) is 10.3. The lowest BCUT2D eigenvalue weighted by atomic mass is 10.0. The van der Waals surface area contributed by atoms with Crippen LogP contribution in [0.5, 0.6) is 0 Å². The zero-order chi connectivity index (χ0) is 25.0. The van der Waals surface area contributed by atoms with Gasteiger partial charge in [0.05, 0.1) is 10.0 Å². The molecular formula is C26H31Cl3N4O2. The van der Waals surface area contributed by atoms with Crippen molar-refractivity contribution in [3.8, 4) is 0 Å². The molecule has 1 saturated heterocycles. The second-order valence-electron chi connectivity index (χ2n) is 8.58. The van der Waals surface area contributed by atoms with Gasteiger partial charge >= 0.3 is 6.03 Å². The first kappa shape index (κ1) is 27.3. The van der Waals surface area contributed by atoms with Crippen molar-refractivity contribution in [1.29, 1.82) is 0 Å². The van der Waals surface area contributed by atoms with Gasteiger partial charge in [-0.3, -0.25) is 4.79 Å². The molecule has 1 aliphatic rings. The smallest absolute Gasteiger partial charge is 0.319 e. The third-order valence-corrected chi connectivity index (χ3v) is 6.80. The van der Waals surface area contributed by atoms with E-state index in [0.29, 0.717) is 27.3 Å². The molecule has 0 unspecified atom stereocenters. The van der Waals surface area contributed by atoms with E-state index in [2.05, 4.69) is 20.9 Å². The van der Waals surface area contributed by atoms with Crippen molar-refractivity contribution >= 4 is 58.5 Å². The number of halogens is 3. The monoisotopic (exact) mass is 536 g/mol. The number of urea groups is 1. The number of rotatable bonds is 10. The predicted molar refractivity (Wildman–Crippen MR) is 145 cm³/mol. The summed E-state index contributed by atoms with van der Waals surface area (Å²) < 4.78 is 0. The van der Waals surface area contributed by atoms with Crippen LogP contribution in [0.15, 0.2) is 48.5 Å². The maximum Gasteiger partial charge on any atom is 0.319 e. The van der Waals surface area contributed by atoms with Gasteiger partial charge in [0.2, 0.25) is 5.91 Å². The number of benzene rings is 2. The zero-order valence-corrected chi connectivity index (χ0v) is 21.8. The van der Waals surface area contributed by atoms with Crippen molar-refractivity contribution in [3.63, 3.8) is 0 Å². The summed E-state index contributed by atoms with van der Waals surface area (Å²) in [6.07, 6.45) is 8.17. The SMILES string of the molecule is O=C(/C=C/c1ccc(Cl)c(Cl)c1)NCCCCCN1CCC(NC(=O)Nc2cccc(Cl)c2)CC1. The minimum Gasteiger partial charge on any atom is -0.353 e. The van der Waals surface area contributed by atoms with Gasteiger partial charge in [-0.25, -0.2) is 4.79 Å². The number of piperidine rings is 1. The van der Waals surface area contributed by atoms with E-state index in [-0.39, 0.29) is 18.0 Å². The van der Waals surface area contributed by atoms with Crippen LogP contribution < -0.4 is 16.0 Å². The Labute approximate surface area is 222 Å². The molecule has 0 saturated carbocycles. The van der Waals surface area contributed by atoms with Gasteiger partial charge < -0.3 is 20.9 Å². The van der Waals surface area contributed by atoms with Gasteiger partial charge in [0.15, 0.2) is 0 Å². The van der Waals surface area contributed by atoms with Gasteiger partial charge in [-0.1, -0.05) is 53.4 Å². The molecule has 9 heteroatoms. The molecule has 1 aliphatic heterocycles. The molecule has 0 radical (unpaired) electrons. The van der Waals surface area contributed by atoms with Gasteiger partial charge in [0.25, 0.3) is 0 Å². The Morgan fingerprint density at radius 3 is 2.51 bits per heavy atom. The second-order valence-corrected chi connectivity index (χ2v) is 9.83. The number of hydrogen-bond donors (Lipinski definition) is 3. The lowest BCUT2D eigenvalue weighted by Gasteiger charge is -2.32. The van der Waals surface area contributed by atoms with Gasteiger partial charge in [-0.15, -0.1) is 0 Å². The predicted octanol–water partition coefficient (Wildman–Crippen LogP) is 6.23. The van der Waals surface area contributed by atoms with Gasteiger partial charge in [0, 0.05) is 42.5 Å². The maximum atomic E-state index is 12.2. The molecule has 0 aromatic heterocycles. The summed E-state index contributed by atoms with van der Waals surface area (Å²) in [5.41, 5.74) is 1.52. The fraction of sp³-hybridized carbons (Fsp3) is 0.385. The highest BCUT2D eigenvalue weighted by Gasteiger charge is 2.20. The maximum absolute atomic E-state index is 12.2. The highest BCUT2D eigenvalue weighted by Crippen LogP contribution is 2.23. The fourth-order valence-electron chi connectivity index (χ4n) is 3.92. The largest absolute Gasteiger partial charge is 0.353 e. The zero-order valence-electron chi connectivity index (χ0n) is 19.5. The topological polar surface area (TPSA) is 73.5 Å². The summed E-state index contributed by atoms with van der Waals surface area (Å²) >= 11 is 17.8. The molecule has 1 heterocycles. The van der Waals surface area contributed by atoms with E-state index >= 15 is 0 Å². The minimum absolute atomic E-state index is 0.120. The third kappa shape index (κ3) is 10.1. The quantitative estimate of drug-likeness (QED) is 0.248. The van der Waals surface area contributed by atoms with Gasteiger partial charge in [-0.05, 0) is 74.2 Å². The fourth-order valence-corrected chi connectivity index (χ4v) is 4.41. The first-order valence-corrected chi connectivity index (χ1v) is 13.0. The normalized spacial score (nSPS) is 14.7. The number of nitrogens with one attached hydrogen (secondary N) is 3. The van der Waals surface area contributed by atoms with Crippen LogP contribution in [-0.4, -0.2) is 49.1 Å². The molecule has 0 spiro atoms. The lowest BCUT2D eigenvalue weighted by Crippen LogP contribution is -2.46. The highest BCUT2D eigenvalue weighted by atomic mass is 35.5. The average molecular weight is 538 g/mol. The Balaban J connectivity index is 1.22. The molecule has 3 amide bonds. The summed E-state index contributed by atoms with van der Waals surface area (Å²) in [5.74, 6) is -0.120. The Morgan fingerprint density at radius 1 is 0.971 bits per heavy atom. The van der Waals surface area contributed by atoms with E-state index in [0.717, 1.165) is 57.3 Å². The Bertz CT molecular complexity index is 1020. The Hall–Kier alpha value is -2.25. The van der Waals surface area contributed by atoms with Crippen LogP contribution in [0.25, 0.3) is 6.08 Å². The van der Waals surface area contributed by atoms with Crippen LogP contribution >= 0.6 is 34.8 Å². The van der Waals surface area contributed by atoms with E-state index in [1.165, 1.54) is 6.08 Å². The van der Waals surface area contributed by atoms with Crippen molar-refractivity contribution in [2.75, 3.05) is 31.5 Å². The van der Waals surface area contributed by atoms with Crippen LogP contribution in [0.1, 0.15) is 37.7 Å². The Morgan fingerprint density at radius 2 is 1.77 bits per heavy atom. The number of likely N-dealkylation sites (tertiary alicyclic amines) is 1. The molecule has 35 heavy (non-hydrogen) atoms. The first-order chi connectivity index (χ1) is 16.9. The molecule has 0 aliphatic carbocycles. The van der Waals surface area contributed by atoms with Gasteiger partial charge in [-0.2, -0.15) is 0 Å². The molecule has 0 bridgehead atoms. The second kappa shape index (κ2) is 14.3. The van der Waals surface area contributed by atoms with E-state index < -0.39 is 0 Å². The molecule has 0 atom stereocenters. The molecule has 3 N–H and O–H groups in total. The number of nitrogens with zero attached hydrogens (tertiary/aromatic N) is 1. The lowest BCUT2D eigenvalue weighted by molar-refractivity contribution is -0.116. The molecule has 3 rings (SSSR count). The standard InChI is InChI=1S/C26H31Cl3N4O2/c27-20-5-4-6-22(18-20)32-26(35)31-21-11-15-33(16-12-21)14-3-1-2-13-30-25(34)10-8-19-7-9-23(28)24(29)17-19/h4-10,17-18,21H,1-3,11-16H2,(H,30,34)(H2,31,32,35)/b10-8+. The van der Waals surface area contributed by atoms with Crippen molar-refractivity contribution < 1.29 is 9.59 Å². The molecular weight excluding hydrogens is 507 g/mol. The molecule has 6 nitrogen and oxygen atoms in total. The minimum atomic E-state index is -0.195. The highest BCUT2D eigenvalue weighted by molar-refractivity contribution is 6.42. The number of unbranched alkanes of at least 4 members (excludes halogenated alkanes) is 2. The summed E-state index contributed by atoms with van der Waals surface area (Å²) in [6.45, 7) is 3.63. The average Bonchev–Trinajstić information content (AvgIpc) is 2.83. The van der Waals surface area contributed by atoms with Crippen molar-refractivity contribution in [1.82, 2.24) is 15.5 Å². The van der Waals surface area contributed by atoms with E-state index in [9.17, 15) is 9.59 Å². The van der Waals surface area contributed by atoms with Crippen LogP contribution in [0.3, 0.4) is 0 Å². The first-order valence-electron chi connectivity index (χ1n) is 11.9. The molecule has 2 aromatic rings. The number of carbonyl (C=O) groups excluding carboxylic acids is 2. The number of hydrogen-bond acceptors (Lipinski definition) is 3. The number of amides is 3. The van der Waals surface area contributed by atoms with Crippen LogP contribution in [0.4, 0.5) is 10.5 Å². The van der Waals surface area contributed by atoms with Gasteiger partial charge in [0.1, 0.15) is 0 Å². The molecule has 188 valence electrons. The van der Waals surface area contributed by atoms with E-state index in [1.54, 1.807) is 36.4 Å². The van der Waals surface area contributed by atoms with Crippen molar-refractivity contribution in [2.45, 2.75) is 38.1 Å². The third-order valence-electron chi connectivity index (χ3n) is 5.83. The summed E-state index contributed by atoms with van der Waals surface area (Å²) in [6, 6.07) is 12.3. The van der Waals surface area contributed by atoms with E-state index in [1.807, 2.05) is 12.1 Å². The summed E-state index contributed by atoms with van der Waals surface area (Å²) in [7, 11) is 0. The molecule has 1 fully saturated rings. The van der Waals surface area contributed by atoms with Crippen molar-refractivity contribution in [3.05, 3.63) is 69.2 Å². The van der Waals surface area contributed by atoms with Crippen LogP contribution in [0, 0.1) is 0 Å². The van der Waals surface area contributed by atoms with Crippen LogP contribution in [-0.2, 0) is 4.79 Å². The number of anilines is 1. The Kier molecular flexibility index (Phi) is 11.2. The number of carbonyl (C=O) groups is 2. The van der Waals surface area contributed by atoms with E-state index in [4.69, 9.17) is 34.8 Å². The van der Waals surface area contributed by atoms with Crippen molar-refractivity contribution in [2.24, 2.45) is 0 Å².